The molecule has 1 heterocycles. The van der Waals surface area contributed by atoms with Crippen molar-refractivity contribution in [2.45, 2.75) is 19.4 Å². The first kappa shape index (κ1) is 15.1. The van der Waals surface area contributed by atoms with Gasteiger partial charge in [-0.1, -0.05) is 6.07 Å². The minimum Gasteiger partial charge on any atom is -0.493 e. The second kappa shape index (κ2) is 6.95. The van der Waals surface area contributed by atoms with E-state index < -0.39 is 0 Å². The van der Waals surface area contributed by atoms with Gasteiger partial charge in [-0.25, -0.2) is 0 Å². The van der Waals surface area contributed by atoms with E-state index in [-0.39, 0.29) is 0 Å². The molecule has 20 heavy (non-hydrogen) atoms. The van der Waals surface area contributed by atoms with Gasteiger partial charge in [0.05, 0.1) is 27.3 Å². The van der Waals surface area contributed by atoms with Crippen LogP contribution in [0, 0.1) is 0 Å². The largest absolute Gasteiger partial charge is 0.493 e. The highest BCUT2D eigenvalue weighted by Gasteiger charge is 2.25. The SMILES string of the molecule is COc1ccc(C[C@@H](C)[NH+]2CC[NH+](C)CC2)cc1OC. The van der Waals surface area contributed by atoms with Gasteiger partial charge in [-0.2, -0.15) is 0 Å². The molecule has 2 N–H and O–H groups in total. The number of ether oxygens (including phenoxy) is 2. The van der Waals surface area contributed by atoms with Crippen LogP contribution < -0.4 is 19.3 Å². The van der Waals surface area contributed by atoms with E-state index in [1.54, 1.807) is 24.0 Å². The van der Waals surface area contributed by atoms with Crippen molar-refractivity contribution >= 4 is 0 Å². The lowest BCUT2D eigenvalue weighted by molar-refractivity contribution is -1.01. The summed E-state index contributed by atoms with van der Waals surface area (Å²) < 4.78 is 10.7. The molecule has 2 rings (SSSR count). The lowest BCUT2D eigenvalue weighted by Crippen LogP contribution is -3.28. The Labute approximate surface area is 122 Å². The predicted molar refractivity (Wildman–Crippen MR) is 80.0 cm³/mol. The molecular weight excluding hydrogens is 252 g/mol. The molecule has 1 saturated heterocycles. The molecule has 0 spiro atoms. The zero-order valence-corrected chi connectivity index (χ0v) is 13.2. The Balaban J connectivity index is 1.98. The van der Waals surface area contributed by atoms with E-state index in [4.69, 9.17) is 9.47 Å². The number of hydrogen-bond acceptors (Lipinski definition) is 2. The Bertz CT molecular complexity index is 428. The Kier molecular flexibility index (Phi) is 5.26. The van der Waals surface area contributed by atoms with E-state index in [2.05, 4.69) is 26.1 Å². The van der Waals surface area contributed by atoms with E-state index in [0.29, 0.717) is 6.04 Å². The molecule has 1 aromatic rings. The van der Waals surface area contributed by atoms with Gasteiger partial charge in [-0.05, 0) is 24.6 Å². The smallest absolute Gasteiger partial charge is 0.160 e. The number of piperazine rings is 1. The summed E-state index contributed by atoms with van der Waals surface area (Å²) in [4.78, 5) is 3.39. The Morgan fingerprint density at radius 3 is 2.30 bits per heavy atom. The molecular formula is C16H28N2O2+2. The van der Waals surface area contributed by atoms with Crippen LogP contribution >= 0.6 is 0 Å². The Morgan fingerprint density at radius 2 is 1.70 bits per heavy atom. The topological polar surface area (TPSA) is 27.3 Å². The van der Waals surface area contributed by atoms with Gasteiger partial charge in [0.1, 0.15) is 26.2 Å². The summed E-state index contributed by atoms with van der Waals surface area (Å²) in [5.74, 6) is 1.63. The summed E-state index contributed by atoms with van der Waals surface area (Å²) in [6.07, 6.45) is 1.09. The number of benzene rings is 1. The van der Waals surface area contributed by atoms with Gasteiger partial charge in [-0.15, -0.1) is 0 Å². The van der Waals surface area contributed by atoms with Gasteiger partial charge < -0.3 is 19.3 Å². The molecule has 0 bridgehead atoms. The van der Waals surface area contributed by atoms with Gasteiger partial charge in [0, 0.05) is 6.42 Å². The zero-order valence-electron chi connectivity index (χ0n) is 13.2. The van der Waals surface area contributed by atoms with Crippen molar-refractivity contribution in [3.63, 3.8) is 0 Å². The van der Waals surface area contributed by atoms with E-state index in [1.165, 1.54) is 31.7 Å². The predicted octanol–water partition coefficient (Wildman–Crippen LogP) is -0.952. The molecule has 0 unspecified atom stereocenters. The van der Waals surface area contributed by atoms with Gasteiger partial charge >= 0.3 is 0 Å². The number of hydrogen-bond donors (Lipinski definition) is 2. The molecule has 1 aliphatic heterocycles. The van der Waals surface area contributed by atoms with Crippen molar-refractivity contribution in [2.75, 3.05) is 47.4 Å². The van der Waals surface area contributed by atoms with Crippen LogP contribution in [0.3, 0.4) is 0 Å². The van der Waals surface area contributed by atoms with Crippen LogP contribution in [-0.4, -0.2) is 53.5 Å². The van der Waals surface area contributed by atoms with Crippen LogP contribution in [-0.2, 0) is 6.42 Å². The molecule has 0 aliphatic carbocycles. The van der Waals surface area contributed by atoms with E-state index in [9.17, 15) is 0 Å². The maximum absolute atomic E-state index is 5.38. The Hall–Kier alpha value is -1.26. The van der Waals surface area contributed by atoms with Gasteiger partial charge in [-0.3, -0.25) is 0 Å². The molecule has 112 valence electrons. The number of nitrogens with one attached hydrogen (secondary N) is 2. The fraction of sp³-hybridized carbons (Fsp3) is 0.625. The fourth-order valence-electron chi connectivity index (χ4n) is 3.00. The first-order valence-corrected chi connectivity index (χ1v) is 7.50. The molecule has 0 aromatic heterocycles. The highest BCUT2D eigenvalue weighted by atomic mass is 16.5. The summed E-state index contributed by atoms with van der Waals surface area (Å²) >= 11 is 0. The first-order chi connectivity index (χ1) is 9.63. The van der Waals surface area contributed by atoms with Gasteiger partial charge in [0.25, 0.3) is 0 Å². The third-order valence-corrected chi connectivity index (χ3v) is 4.43. The summed E-state index contributed by atoms with van der Waals surface area (Å²) in [6.45, 7) is 7.48. The summed E-state index contributed by atoms with van der Waals surface area (Å²) in [6, 6.07) is 6.92. The molecule has 4 heteroatoms. The third kappa shape index (κ3) is 3.64. The number of methoxy groups -OCH3 is 2. The molecule has 1 atom stereocenters. The standard InChI is InChI=1S/C16H26N2O2/c1-13(18-9-7-17(2)8-10-18)11-14-5-6-15(19-3)16(12-14)20-4/h5-6,12-13H,7-11H2,1-4H3/p+2/t13-/m1/s1. The minimum absolute atomic E-state index is 0.654. The molecule has 1 fully saturated rings. The van der Waals surface area contributed by atoms with Crippen LogP contribution in [0.15, 0.2) is 18.2 Å². The van der Waals surface area contributed by atoms with E-state index >= 15 is 0 Å². The Morgan fingerprint density at radius 1 is 1.05 bits per heavy atom. The normalized spacial score (nSPS) is 24.2. The van der Waals surface area contributed by atoms with Crippen LogP contribution in [0.4, 0.5) is 0 Å². The number of likely N-dealkylation sites (N-methyl/N-ethyl adjacent to an activating group) is 1. The summed E-state index contributed by atoms with van der Waals surface area (Å²) in [5, 5.41) is 0. The average Bonchev–Trinajstić information content (AvgIpc) is 2.47. The van der Waals surface area contributed by atoms with Crippen molar-refractivity contribution < 1.29 is 19.3 Å². The second-order valence-electron chi connectivity index (χ2n) is 5.91. The van der Waals surface area contributed by atoms with Crippen molar-refractivity contribution in [1.29, 1.82) is 0 Å². The average molecular weight is 280 g/mol. The van der Waals surface area contributed by atoms with E-state index in [0.717, 1.165) is 17.9 Å². The first-order valence-electron chi connectivity index (χ1n) is 7.50. The van der Waals surface area contributed by atoms with Crippen LogP contribution in [0.5, 0.6) is 11.5 Å². The quantitative estimate of drug-likeness (QED) is 0.728. The maximum Gasteiger partial charge on any atom is 0.160 e. The van der Waals surface area contributed by atoms with Gasteiger partial charge in [0.15, 0.2) is 11.5 Å². The maximum atomic E-state index is 5.38. The van der Waals surface area contributed by atoms with Gasteiger partial charge in [0.2, 0.25) is 0 Å². The summed E-state index contributed by atoms with van der Waals surface area (Å²) in [5.41, 5.74) is 1.33. The monoisotopic (exact) mass is 280 g/mol. The highest BCUT2D eigenvalue weighted by Crippen LogP contribution is 2.27. The lowest BCUT2D eigenvalue weighted by Gasteiger charge is -2.31. The van der Waals surface area contributed by atoms with Crippen molar-refractivity contribution in [3.8, 4) is 11.5 Å². The number of quaternary nitrogens is 2. The highest BCUT2D eigenvalue weighted by molar-refractivity contribution is 5.43. The van der Waals surface area contributed by atoms with E-state index in [1.807, 2.05) is 6.07 Å². The van der Waals surface area contributed by atoms with Crippen LogP contribution in [0.1, 0.15) is 12.5 Å². The van der Waals surface area contributed by atoms with Crippen LogP contribution in [0.25, 0.3) is 0 Å². The molecule has 1 aliphatic rings. The van der Waals surface area contributed by atoms with Crippen LogP contribution in [0.2, 0.25) is 0 Å². The second-order valence-corrected chi connectivity index (χ2v) is 5.91. The minimum atomic E-state index is 0.654. The van der Waals surface area contributed by atoms with Crippen molar-refractivity contribution in [2.24, 2.45) is 0 Å². The molecule has 1 aromatic carbocycles. The lowest BCUT2D eigenvalue weighted by atomic mass is 10.0. The van der Waals surface area contributed by atoms with Crippen molar-refractivity contribution in [1.82, 2.24) is 0 Å². The molecule has 4 nitrogen and oxygen atoms in total. The zero-order chi connectivity index (χ0) is 14.5. The molecule has 0 radical (unpaired) electrons. The molecule has 0 amide bonds. The fourth-order valence-corrected chi connectivity index (χ4v) is 3.00. The number of rotatable bonds is 5. The molecule has 0 saturated carbocycles. The van der Waals surface area contributed by atoms with Crippen molar-refractivity contribution in [3.05, 3.63) is 23.8 Å². The third-order valence-electron chi connectivity index (χ3n) is 4.43. The summed E-state index contributed by atoms with van der Waals surface area (Å²) in [7, 11) is 5.66.